The number of amides is 2. The summed E-state index contributed by atoms with van der Waals surface area (Å²) in [5, 5.41) is 5.48. The van der Waals surface area contributed by atoms with E-state index >= 15 is 0 Å². The van der Waals surface area contributed by atoms with Gasteiger partial charge in [-0.15, -0.1) is 0 Å². The summed E-state index contributed by atoms with van der Waals surface area (Å²) in [6, 6.07) is 1.63. The first-order valence-corrected chi connectivity index (χ1v) is 7.09. The van der Waals surface area contributed by atoms with Crippen molar-refractivity contribution in [3.05, 3.63) is 22.3 Å². The average molecular weight is 342 g/mol. The highest BCUT2D eigenvalue weighted by Gasteiger charge is 2.29. The first-order valence-electron chi connectivity index (χ1n) is 6.30. The number of pyridine rings is 1. The fraction of sp³-hybridized carbons (Fsp3) is 0.417. The van der Waals surface area contributed by atoms with E-state index in [1.807, 2.05) is 0 Å². The van der Waals surface area contributed by atoms with Gasteiger partial charge in [0, 0.05) is 29.7 Å². The summed E-state index contributed by atoms with van der Waals surface area (Å²) in [4.78, 5) is 27.4. The molecule has 2 rings (SSSR count). The van der Waals surface area contributed by atoms with Gasteiger partial charge in [-0.25, -0.2) is 10.8 Å². The van der Waals surface area contributed by atoms with Crippen LogP contribution in [0.15, 0.2) is 16.7 Å². The fourth-order valence-corrected chi connectivity index (χ4v) is 2.01. The van der Waals surface area contributed by atoms with Crippen LogP contribution < -0.4 is 21.9 Å². The van der Waals surface area contributed by atoms with Crippen LogP contribution in [0.5, 0.6) is 0 Å². The van der Waals surface area contributed by atoms with E-state index in [0.717, 1.165) is 12.8 Å². The largest absolute Gasteiger partial charge is 0.354 e. The van der Waals surface area contributed by atoms with Gasteiger partial charge < -0.3 is 16.1 Å². The maximum Gasteiger partial charge on any atom is 0.255 e. The van der Waals surface area contributed by atoms with Crippen LogP contribution in [0.2, 0.25) is 0 Å². The molecule has 20 heavy (non-hydrogen) atoms. The highest BCUT2D eigenvalue weighted by Crippen LogP contribution is 2.28. The predicted octanol–water partition coefficient (Wildman–Crippen LogP) is 0.386. The molecule has 7 nitrogen and oxygen atoms in total. The Kier molecular flexibility index (Phi) is 4.91. The van der Waals surface area contributed by atoms with Crippen molar-refractivity contribution in [2.24, 2.45) is 11.8 Å². The number of rotatable bonds is 6. The van der Waals surface area contributed by atoms with Crippen LogP contribution in [0.25, 0.3) is 0 Å². The highest BCUT2D eigenvalue weighted by molar-refractivity contribution is 9.10. The lowest BCUT2D eigenvalue weighted by molar-refractivity contribution is -0.122. The Balaban J connectivity index is 1.81. The molecule has 108 valence electrons. The van der Waals surface area contributed by atoms with Crippen LogP contribution in [0, 0.1) is 5.92 Å². The molecular weight excluding hydrogens is 326 g/mol. The van der Waals surface area contributed by atoms with E-state index in [1.165, 1.54) is 0 Å². The Hall–Kier alpha value is -1.67. The Morgan fingerprint density at radius 2 is 2.05 bits per heavy atom. The smallest absolute Gasteiger partial charge is 0.255 e. The van der Waals surface area contributed by atoms with E-state index in [2.05, 4.69) is 37.0 Å². The predicted molar refractivity (Wildman–Crippen MR) is 77.8 cm³/mol. The average Bonchev–Trinajstić information content (AvgIpc) is 3.27. The summed E-state index contributed by atoms with van der Waals surface area (Å²) in [5.74, 6) is 5.55. The van der Waals surface area contributed by atoms with Crippen molar-refractivity contribution in [2.75, 3.05) is 18.5 Å². The molecule has 0 aliphatic heterocycles. The van der Waals surface area contributed by atoms with Crippen LogP contribution in [0.3, 0.4) is 0 Å². The maximum atomic E-state index is 12.0. The van der Waals surface area contributed by atoms with E-state index in [9.17, 15) is 9.59 Å². The summed E-state index contributed by atoms with van der Waals surface area (Å²) < 4.78 is 0.684. The van der Waals surface area contributed by atoms with Gasteiger partial charge in [-0.2, -0.15) is 0 Å². The monoisotopic (exact) mass is 341 g/mol. The van der Waals surface area contributed by atoms with E-state index in [-0.39, 0.29) is 17.7 Å². The molecular formula is C12H16BrN5O2. The Morgan fingerprint density at radius 3 is 2.70 bits per heavy atom. The zero-order valence-corrected chi connectivity index (χ0v) is 12.4. The number of hydrogen-bond acceptors (Lipinski definition) is 5. The SMILES string of the molecule is NNc1ncc(Br)cc1C(=O)NCCNC(=O)C1CC1. The second-order valence-electron chi connectivity index (χ2n) is 4.52. The van der Waals surface area contributed by atoms with Gasteiger partial charge in [-0.05, 0) is 34.8 Å². The summed E-state index contributed by atoms with van der Waals surface area (Å²) in [7, 11) is 0. The second-order valence-corrected chi connectivity index (χ2v) is 5.43. The lowest BCUT2D eigenvalue weighted by Crippen LogP contribution is -2.35. The van der Waals surface area contributed by atoms with Crippen LogP contribution in [-0.2, 0) is 4.79 Å². The number of hydrazine groups is 1. The van der Waals surface area contributed by atoms with Crippen molar-refractivity contribution in [3.8, 4) is 0 Å². The molecule has 1 aliphatic carbocycles. The molecule has 8 heteroatoms. The van der Waals surface area contributed by atoms with Crippen LogP contribution in [0.4, 0.5) is 5.82 Å². The van der Waals surface area contributed by atoms with Crippen molar-refractivity contribution in [3.63, 3.8) is 0 Å². The lowest BCUT2D eigenvalue weighted by atomic mass is 10.2. The fourth-order valence-electron chi connectivity index (χ4n) is 1.67. The molecule has 5 N–H and O–H groups in total. The van der Waals surface area contributed by atoms with Crippen molar-refractivity contribution < 1.29 is 9.59 Å². The number of hydrogen-bond donors (Lipinski definition) is 4. The highest BCUT2D eigenvalue weighted by atomic mass is 79.9. The van der Waals surface area contributed by atoms with Gasteiger partial charge in [0.25, 0.3) is 5.91 Å². The molecule has 0 unspecified atom stereocenters. The summed E-state index contributed by atoms with van der Waals surface area (Å²) in [6.45, 7) is 0.766. The van der Waals surface area contributed by atoms with Gasteiger partial charge in [0.1, 0.15) is 0 Å². The number of nitrogen functional groups attached to an aromatic ring is 1. The molecule has 1 aromatic heterocycles. The second kappa shape index (κ2) is 6.67. The maximum absolute atomic E-state index is 12.0. The third-order valence-corrected chi connectivity index (χ3v) is 3.33. The minimum atomic E-state index is -0.299. The third-order valence-electron chi connectivity index (χ3n) is 2.89. The van der Waals surface area contributed by atoms with Gasteiger partial charge in [0.05, 0.1) is 5.56 Å². The summed E-state index contributed by atoms with van der Waals surface area (Å²) >= 11 is 3.25. The summed E-state index contributed by atoms with van der Waals surface area (Å²) in [6.07, 6.45) is 3.47. The summed E-state index contributed by atoms with van der Waals surface area (Å²) in [5.41, 5.74) is 2.72. The van der Waals surface area contributed by atoms with Crippen LogP contribution in [0.1, 0.15) is 23.2 Å². The van der Waals surface area contributed by atoms with Crippen LogP contribution >= 0.6 is 15.9 Å². The van der Waals surface area contributed by atoms with E-state index in [1.54, 1.807) is 12.3 Å². The molecule has 1 fully saturated rings. The zero-order valence-electron chi connectivity index (χ0n) is 10.8. The molecule has 1 aromatic rings. The number of carbonyl (C=O) groups is 2. The van der Waals surface area contributed by atoms with Crippen molar-refractivity contribution >= 4 is 33.6 Å². The number of nitrogens with one attached hydrogen (secondary N) is 3. The Labute approximate surface area is 124 Å². The molecule has 1 heterocycles. The quantitative estimate of drug-likeness (QED) is 0.340. The van der Waals surface area contributed by atoms with Gasteiger partial charge in [0.15, 0.2) is 5.82 Å². The van der Waals surface area contributed by atoms with Crippen molar-refractivity contribution in [1.29, 1.82) is 0 Å². The number of halogens is 1. The zero-order chi connectivity index (χ0) is 14.5. The third kappa shape index (κ3) is 3.91. The number of nitrogens with two attached hydrogens (primary N) is 1. The van der Waals surface area contributed by atoms with Gasteiger partial charge in [-0.3, -0.25) is 9.59 Å². The normalized spacial score (nSPS) is 13.7. The minimum Gasteiger partial charge on any atom is -0.354 e. The number of carbonyl (C=O) groups excluding carboxylic acids is 2. The van der Waals surface area contributed by atoms with E-state index in [4.69, 9.17) is 5.84 Å². The van der Waals surface area contributed by atoms with Crippen molar-refractivity contribution in [2.45, 2.75) is 12.8 Å². The van der Waals surface area contributed by atoms with Crippen molar-refractivity contribution in [1.82, 2.24) is 15.6 Å². The molecule has 1 saturated carbocycles. The number of nitrogens with zero attached hydrogens (tertiary/aromatic N) is 1. The number of aromatic nitrogens is 1. The molecule has 0 radical (unpaired) electrons. The van der Waals surface area contributed by atoms with E-state index in [0.29, 0.717) is 28.9 Å². The van der Waals surface area contributed by atoms with Gasteiger partial charge >= 0.3 is 0 Å². The van der Waals surface area contributed by atoms with Gasteiger partial charge in [0.2, 0.25) is 5.91 Å². The standard InChI is InChI=1S/C12H16BrN5O2/c13-8-5-9(10(18-14)17-6-8)12(20)16-4-3-15-11(19)7-1-2-7/h5-7H,1-4,14H2,(H,15,19)(H,16,20)(H,17,18). The molecule has 0 atom stereocenters. The molecule has 0 aromatic carbocycles. The number of anilines is 1. The molecule has 0 bridgehead atoms. The Bertz CT molecular complexity index is 519. The molecule has 0 spiro atoms. The molecule has 2 amide bonds. The lowest BCUT2D eigenvalue weighted by Gasteiger charge is -2.09. The van der Waals surface area contributed by atoms with Gasteiger partial charge in [-0.1, -0.05) is 0 Å². The Morgan fingerprint density at radius 1 is 1.35 bits per heavy atom. The van der Waals surface area contributed by atoms with Crippen LogP contribution in [-0.4, -0.2) is 29.9 Å². The van der Waals surface area contributed by atoms with E-state index < -0.39 is 0 Å². The molecule has 0 saturated heterocycles. The molecule has 1 aliphatic rings. The first-order chi connectivity index (χ1) is 9.61. The first kappa shape index (κ1) is 14.7. The topological polar surface area (TPSA) is 109 Å². The minimum absolute atomic E-state index is 0.0627.